The Balaban J connectivity index is 0.00000147. The number of amides is 1. The zero-order valence-corrected chi connectivity index (χ0v) is 12.6. The van der Waals surface area contributed by atoms with Crippen LogP contribution in [-0.2, 0) is 14.3 Å². The van der Waals surface area contributed by atoms with Crippen LogP contribution in [0, 0.1) is 5.92 Å². The normalized spacial score (nSPS) is 35.8. The van der Waals surface area contributed by atoms with Gasteiger partial charge in [-0.2, -0.15) is 0 Å². The molecule has 5 nitrogen and oxygen atoms in total. The van der Waals surface area contributed by atoms with E-state index in [-0.39, 0.29) is 24.4 Å². The van der Waals surface area contributed by atoms with Crippen molar-refractivity contribution in [1.82, 2.24) is 5.32 Å². The first kappa shape index (κ1) is 16.0. The van der Waals surface area contributed by atoms with E-state index in [2.05, 4.69) is 5.32 Å². The van der Waals surface area contributed by atoms with Gasteiger partial charge in [-0.15, -0.1) is 12.4 Å². The van der Waals surface area contributed by atoms with Crippen molar-refractivity contribution < 1.29 is 14.3 Å². The Morgan fingerprint density at radius 3 is 2.65 bits per heavy atom. The summed E-state index contributed by atoms with van der Waals surface area (Å²) in [5.41, 5.74) is 5.50. The van der Waals surface area contributed by atoms with Crippen LogP contribution in [-0.4, -0.2) is 43.4 Å². The fourth-order valence-electron chi connectivity index (χ4n) is 3.63. The number of nitrogens with one attached hydrogen (secondary N) is 1. The molecule has 0 radical (unpaired) electrons. The van der Waals surface area contributed by atoms with Crippen molar-refractivity contribution in [3.63, 3.8) is 0 Å². The number of ether oxygens (including phenoxy) is 2. The summed E-state index contributed by atoms with van der Waals surface area (Å²) in [4.78, 5) is 12.4. The first-order valence-corrected chi connectivity index (χ1v) is 7.48. The molecule has 1 amide bonds. The summed E-state index contributed by atoms with van der Waals surface area (Å²) in [5, 5.41) is 3.20. The lowest BCUT2D eigenvalue weighted by atomic mass is 9.81. The molecule has 0 aromatic carbocycles. The summed E-state index contributed by atoms with van der Waals surface area (Å²) in [5.74, 6) is 0.495. The first-order valence-electron chi connectivity index (χ1n) is 7.48. The van der Waals surface area contributed by atoms with Crippen molar-refractivity contribution in [3.05, 3.63) is 0 Å². The number of nitrogens with two attached hydrogens (primary N) is 1. The molecular formula is C14H25ClN2O3. The highest BCUT2D eigenvalue weighted by Gasteiger charge is 2.42. The standard InChI is InChI=1S/C14H24N2O3.ClH/c15-14(5-8-18-9-6-14)13(17)16-11-2-1-3-12-10(11)4-7-19-12;/h10-12H,1-9,15H2,(H,16,17);1H. The third-order valence-electron chi connectivity index (χ3n) is 4.93. The number of hydrogen-bond acceptors (Lipinski definition) is 4. The van der Waals surface area contributed by atoms with E-state index in [9.17, 15) is 4.79 Å². The Kier molecular flexibility index (Phi) is 5.29. The maximum absolute atomic E-state index is 12.4. The molecule has 3 fully saturated rings. The predicted octanol–water partition coefficient (Wildman–Crippen LogP) is 0.990. The van der Waals surface area contributed by atoms with E-state index in [0.717, 1.165) is 32.3 Å². The zero-order valence-electron chi connectivity index (χ0n) is 11.8. The number of fused-ring (bicyclic) bond motifs is 1. The van der Waals surface area contributed by atoms with Crippen LogP contribution in [0.25, 0.3) is 0 Å². The Hall–Kier alpha value is -0.360. The molecule has 3 unspecified atom stereocenters. The van der Waals surface area contributed by atoms with Crippen LogP contribution in [0.1, 0.15) is 38.5 Å². The van der Waals surface area contributed by atoms with E-state index >= 15 is 0 Å². The van der Waals surface area contributed by atoms with Crippen LogP contribution in [0.2, 0.25) is 0 Å². The van der Waals surface area contributed by atoms with Crippen molar-refractivity contribution in [2.75, 3.05) is 19.8 Å². The quantitative estimate of drug-likeness (QED) is 0.798. The second-order valence-electron chi connectivity index (χ2n) is 6.14. The molecule has 116 valence electrons. The maximum Gasteiger partial charge on any atom is 0.240 e. The van der Waals surface area contributed by atoms with Gasteiger partial charge in [0.1, 0.15) is 0 Å². The van der Waals surface area contributed by atoms with Gasteiger partial charge in [-0.25, -0.2) is 0 Å². The van der Waals surface area contributed by atoms with Gasteiger partial charge in [0.15, 0.2) is 0 Å². The molecule has 0 bridgehead atoms. The number of carbonyl (C=O) groups excluding carboxylic acids is 1. The predicted molar refractivity (Wildman–Crippen MR) is 77.8 cm³/mol. The maximum atomic E-state index is 12.4. The molecule has 2 aliphatic heterocycles. The highest BCUT2D eigenvalue weighted by molar-refractivity contribution is 5.86. The van der Waals surface area contributed by atoms with E-state index in [1.54, 1.807) is 0 Å². The van der Waals surface area contributed by atoms with E-state index in [1.807, 2.05) is 0 Å². The van der Waals surface area contributed by atoms with Crippen LogP contribution in [0.3, 0.4) is 0 Å². The summed E-state index contributed by atoms with van der Waals surface area (Å²) < 4.78 is 11.0. The Morgan fingerprint density at radius 1 is 1.15 bits per heavy atom. The van der Waals surface area contributed by atoms with Crippen molar-refractivity contribution in [3.8, 4) is 0 Å². The van der Waals surface area contributed by atoms with Gasteiger partial charge >= 0.3 is 0 Å². The second-order valence-corrected chi connectivity index (χ2v) is 6.14. The number of halogens is 1. The molecule has 0 aromatic heterocycles. The molecule has 0 spiro atoms. The lowest BCUT2D eigenvalue weighted by molar-refractivity contribution is -0.131. The molecule has 3 aliphatic rings. The third kappa shape index (κ3) is 3.11. The van der Waals surface area contributed by atoms with Crippen molar-refractivity contribution in [1.29, 1.82) is 0 Å². The molecule has 3 rings (SSSR count). The van der Waals surface area contributed by atoms with Crippen LogP contribution in [0.4, 0.5) is 0 Å². The van der Waals surface area contributed by atoms with Crippen LogP contribution in [0.5, 0.6) is 0 Å². The molecule has 1 aliphatic carbocycles. The summed E-state index contributed by atoms with van der Waals surface area (Å²) in [7, 11) is 0. The van der Waals surface area contributed by atoms with Crippen molar-refractivity contribution in [2.45, 2.75) is 56.2 Å². The van der Waals surface area contributed by atoms with Crippen LogP contribution in [0.15, 0.2) is 0 Å². The van der Waals surface area contributed by atoms with Gasteiger partial charge in [0.2, 0.25) is 5.91 Å². The van der Waals surface area contributed by atoms with Gasteiger partial charge in [-0.3, -0.25) is 4.79 Å². The summed E-state index contributed by atoms with van der Waals surface area (Å²) in [6, 6.07) is 0.247. The van der Waals surface area contributed by atoms with E-state index < -0.39 is 5.54 Å². The molecule has 1 saturated carbocycles. The monoisotopic (exact) mass is 304 g/mol. The SMILES string of the molecule is Cl.NC1(C(=O)NC2CCCC3OCCC23)CCOCC1. The lowest BCUT2D eigenvalue weighted by Crippen LogP contribution is -2.60. The van der Waals surface area contributed by atoms with Crippen molar-refractivity contribution in [2.24, 2.45) is 11.7 Å². The second kappa shape index (κ2) is 6.60. The fourth-order valence-corrected chi connectivity index (χ4v) is 3.63. The minimum absolute atomic E-state index is 0. The third-order valence-corrected chi connectivity index (χ3v) is 4.93. The van der Waals surface area contributed by atoms with Crippen LogP contribution >= 0.6 is 12.4 Å². The van der Waals surface area contributed by atoms with E-state index in [1.165, 1.54) is 0 Å². The minimum atomic E-state index is -0.731. The summed E-state index contributed by atoms with van der Waals surface area (Å²) in [6.07, 6.45) is 5.99. The Morgan fingerprint density at radius 2 is 1.90 bits per heavy atom. The molecule has 2 saturated heterocycles. The Labute approximate surface area is 126 Å². The van der Waals surface area contributed by atoms with Gasteiger partial charge in [-0.1, -0.05) is 0 Å². The number of carbonyl (C=O) groups is 1. The minimum Gasteiger partial charge on any atom is -0.381 e. The number of hydrogen-bond donors (Lipinski definition) is 2. The van der Waals surface area contributed by atoms with Gasteiger partial charge < -0.3 is 20.5 Å². The average molecular weight is 305 g/mol. The van der Waals surface area contributed by atoms with Gasteiger partial charge in [-0.05, 0) is 38.5 Å². The topological polar surface area (TPSA) is 73.6 Å². The molecular weight excluding hydrogens is 280 g/mol. The average Bonchev–Trinajstić information content (AvgIpc) is 2.89. The molecule has 2 heterocycles. The Bertz CT molecular complexity index is 347. The molecule has 3 atom stereocenters. The van der Waals surface area contributed by atoms with Crippen molar-refractivity contribution >= 4 is 18.3 Å². The molecule has 6 heteroatoms. The van der Waals surface area contributed by atoms with E-state index in [4.69, 9.17) is 15.2 Å². The van der Waals surface area contributed by atoms with E-state index in [0.29, 0.717) is 38.1 Å². The molecule has 0 aromatic rings. The number of rotatable bonds is 2. The smallest absolute Gasteiger partial charge is 0.240 e. The fraction of sp³-hybridized carbons (Fsp3) is 0.929. The van der Waals surface area contributed by atoms with Gasteiger partial charge in [0, 0.05) is 31.8 Å². The zero-order chi connectivity index (χ0) is 13.3. The first-order chi connectivity index (χ1) is 9.19. The van der Waals surface area contributed by atoms with Gasteiger partial charge in [0.25, 0.3) is 0 Å². The molecule has 3 N–H and O–H groups in total. The highest BCUT2D eigenvalue weighted by Crippen LogP contribution is 2.34. The molecule has 20 heavy (non-hydrogen) atoms. The van der Waals surface area contributed by atoms with Gasteiger partial charge in [0.05, 0.1) is 11.6 Å². The highest BCUT2D eigenvalue weighted by atomic mass is 35.5. The lowest BCUT2D eigenvalue weighted by Gasteiger charge is -2.37. The largest absolute Gasteiger partial charge is 0.381 e. The van der Waals surface area contributed by atoms with Crippen LogP contribution < -0.4 is 11.1 Å². The summed E-state index contributed by atoms with van der Waals surface area (Å²) >= 11 is 0. The summed E-state index contributed by atoms with van der Waals surface area (Å²) in [6.45, 7) is 2.01.